The number of hydrogen-bond donors (Lipinski definition) is 5. The molecule has 2 aromatic carbocycles. The van der Waals surface area contributed by atoms with Gasteiger partial charge in [-0.15, -0.1) is 0 Å². The van der Waals surface area contributed by atoms with E-state index in [1.807, 2.05) is 18.2 Å². The van der Waals surface area contributed by atoms with Crippen molar-refractivity contribution in [1.29, 1.82) is 0 Å². The molecule has 0 spiro atoms. The van der Waals surface area contributed by atoms with Gasteiger partial charge < -0.3 is 26.0 Å². The Morgan fingerprint density at radius 3 is 2.43 bits per heavy atom. The number of hydrogen-bond acceptors (Lipinski definition) is 4. The monoisotopic (exact) mass is 490 g/mol. The zero-order valence-electron chi connectivity index (χ0n) is 20.5. The molecule has 3 rings (SSSR count). The number of carboxylic acid groups (broad SMARTS) is 1. The highest BCUT2D eigenvalue weighted by molar-refractivity contribution is 5.65. The van der Waals surface area contributed by atoms with Crippen LogP contribution in [0.25, 0.3) is 0 Å². The fourth-order valence-electron chi connectivity index (χ4n) is 4.92. The fraction of sp³-hybridized carbons (Fsp3) is 0.519. The summed E-state index contributed by atoms with van der Waals surface area (Å²) in [6.45, 7) is 6.32. The third kappa shape index (κ3) is 6.78. The molecule has 0 aromatic heterocycles. The van der Waals surface area contributed by atoms with E-state index in [2.05, 4.69) is 37.5 Å². The maximum atomic E-state index is 13.7. The van der Waals surface area contributed by atoms with Crippen LogP contribution in [0.5, 0.6) is 0 Å². The van der Waals surface area contributed by atoms with E-state index in [4.69, 9.17) is 0 Å². The van der Waals surface area contributed by atoms with E-state index >= 15 is 0 Å². The van der Waals surface area contributed by atoms with E-state index in [1.54, 1.807) is 0 Å². The van der Waals surface area contributed by atoms with Gasteiger partial charge in [0.05, 0.1) is 23.8 Å². The third-order valence-corrected chi connectivity index (χ3v) is 6.89. The molecule has 0 aliphatic heterocycles. The van der Waals surface area contributed by atoms with Crippen molar-refractivity contribution in [1.82, 2.24) is 10.6 Å². The van der Waals surface area contributed by atoms with Crippen molar-refractivity contribution in [2.24, 2.45) is 0 Å². The normalized spacial score (nSPS) is 22.4. The number of nitrogens with one attached hydrogen (secondary N) is 2. The minimum atomic E-state index is -1.35. The van der Waals surface area contributed by atoms with Gasteiger partial charge in [-0.1, -0.05) is 57.9 Å². The van der Waals surface area contributed by atoms with Gasteiger partial charge in [-0.2, -0.15) is 0 Å². The van der Waals surface area contributed by atoms with Gasteiger partial charge in [0, 0.05) is 12.6 Å². The average Bonchev–Trinajstić information content (AvgIpc) is 2.76. The van der Waals surface area contributed by atoms with Gasteiger partial charge in [-0.05, 0) is 53.5 Å². The van der Waals surface area contributed by atoms with Gasteiger partial charge in [-0.25, -0.2) is 13.6 Å². The first-order chi connectivity index (χ1) is 16.4. The predicted molar refractivity (Wildman–Crippen MR) is 130 cm³/mol. The molecule has 4 atom stereocenters. The molecule has 1 aliphatic rings. The molecule has 192 valence electrons. The SMILES string of the molecule is CC(C)(C)c1cccc(C2(NCC(O)C(Cc3cc(F)cc(F)c3)NC(=O)O)CCCCC2O)c1. The van der Waals surface area contributed by atoms with Crippen molar-refractivity contribution >= 4 is 6.09 Å². The number of halogens is 2. The molecule has 4 unspecified atom stereocenters. The highest BCUT2D eigenvalue weighted by Crippen LogP contribution is 2.39. The van der Waals surface area contributed by atoms with Gasteiger partial charge in [0.25, 0.3) is 0 Å². The van der Waals surface area contributed by atoms with Gasteiger partial charge in [0.15, 0.2) is 0 Å². The van der Waals surface area contributed by atoms with Crippen molar-refractivity contribution < 1.29 is 28.9 Å². The summed E-state index contributed by atoms with van der Waals surface area (Å²) in [6, 6.07) is 10.0. The maximum absolute atomic E-state index is 13.7. The topological polar surface area (TPSA) is 102 Å². The van der Waals surface area contributed by atoms with Crippen LogP contribution in [0.2, 0.25) is 0 Å². The second kappa shape index (κ2) is 11.0. The number of aliphatic hydroxyl groups is 2. The molecule has 8 heteroatoms. The summed E-state index contributed by atoms with van der Waals surface area (Å²) < 4.78 is 27.3. The number of benzene rings is 2. The van der Waals surface area contributed by atoms with E-state index in [-0.39, 0.29) is 23.9 Å². The predicted octanol–water partition coefficient (Wildman–Crippen LogP) is 4.22. The van der Waals surface area contributed by atoms with Crippen LogP contribution >= 0.6 is 0 Å². The highest BCUT2D eigenvalue weighted by atomic mass is 19.1. The second-order valence-electron chi connectivity index (χ2n) is 10.5. The van der Waals surface area contributed by atoms with E-state index < -0.39 is 41.5 Å². The Bertz CT molecular complexity index is 1010. The zero-order valence-corrected chi connectivity index (χ0v) is 20.5. The molecular formula is C27H36F2N2O4. The summed E-state index contributed by atoms with van der Waals surface area (Å²) in [7, 11) is 0. The molecule has 1 fully saturated rings. The smallest absolute Gasteiger partial charge is 0.404 e. The lowest BCUT2D eigenvalue weighted by atomic mass is 9.72. The summed E-state index contributed by atoms with van der Waals surface area (Å²) >= 11 is 0. The van der Waals surface area contributed by atoms with Crippen LogP contribution in [-0.2, 0) is 17.4 Å². The molecule has 2 aromatic rings. The Labute approximate surface area is 205 Å². The summed E-state index contributed by atoms with van der Waals surface area (Å²) in [4.78, 5) is 11.4. The number of carbonyl (C=O) groups is 1. The molecule has 35 heavy (non-hydrogen) atoms. The quantitative estimate of drug-likeness (QED) is 0.381. The van der Waals surface area contributed by atoms with Crippen LogP contribution in [-0.4, -0.2) is 46.2 Å². The largest absolute Gasteiger partial charge is 0.465 e. The molecule has 1 amide bonds. The Kier molecular flexibility index (Phi) is 8.51. The number of rotatable bonds is 8. The lowest BCUT2D eigenvalue weighted by Gasteiger charge is -2.44. The average molecular weight is 491 g/mol. The van der Waals surface area contributed by atoms with E-state index in [0.717, 1.165) is 42.2 Å². The van der Waals surface area contributed by atoms with Crippen molar-refractivity contribution in [3.05, 3.63) is 70.8 Å². The van der Waals surface area contributed by atoms with Crippen LogP contribution < -0.4 is 10.6 Å². The van der Waals surface area contributed by atoms with Crippen molar-refractivity contribution in [2.45, 2.75) is 82.1 Å². The minimum absolute atomic E-state index is 0.0282. The summed E-state index contributed by atoms with van der Waals surface area (Å²) in [5.41, 5.74) is 1.37. The second-order valence-corrected chi connectivity index (χ2v) is 10.5. The van der Waals surface area contributed by atoms with Gasteiger partial charge in [0.2, 0.25) is 0 Å². The van der Waals surface area contributed by atoms with E-state index in [0.29, 0.717) is 12.8 Å². The van der Waals surface area contributed by atoms with Crippen molar-refractivity contribution in [2.75, 3.05) is 6.54 Å². The highest BCUT2D eigenvalue weighted by Gasteiger charge is 2.42. The molecule has 1 saturated carbocycles. The third-order valence-electron chi connectivity index (χ3n) is 6.89. The number of amides is 1. The summed E-state index contributed by atoms with van der Waals surface area (Å²) in [5.74, 6) is -1.55. The van der Waals surface area contributed by atoms with Crippen LogP contribution in [0.3, 0.4) is 0 Å². The first-order valence-electron chi connectivity index (χ1n) is 12.1. The molecule has 6 nitrogen and oxygen atoms in total. The molecule has 5 N–H and O–H groups in total. The molecule has 0 saturated heterocycles. The lowest BCUT2D eigenvalue weighted by molar-refractivity contribution is 0.00890. The van der Waals surface area contributed by atoms with Gasteiger partial charge in [0.1, 0.15) is 11.6 Å². The summed E-state index contributed by atoms with van der Waals surface area (Å²) in [5, 5.41) is 37.0. The Balaban J connectivity index is 1.85. The summed E-state index contributed by atoms with van der Waals surface area (Å²) in [6.07, 6.45) is -0.325. The van der Waals surface area contributed by atoms with Gasteiger partial charge >= 0.3 is 6.09 Å². The van der Waals surface area contributed by atoms with Gasteiger partial charge in [-0.3, -0.25) is 0 Å². The first-order valence-corrected chi connectivity index (χ1v) is 12.1. The first kappa shape index (κ1) is 27.0. The van der Waals surface area contributed by atoms with Crippen LogP contribution in [0.15, 0.2) is 42.5 Å². The molecular weight excluding hydrogens is 454 g/mol. The zero-order chi connectivity index (χ0) is 25.8. The standard InChI is InChI=1S/C27H36F2N2O4/c1-26(2,3)18-7-6-8-19(14-18)27(10-5-4-9-24(27)33)30-16-23(32)22(31-25(34)35)13-17-11-20(28)15-21(29)12-17/h6-8,11-12,14-15,22-24,30-33H,4-5,9-10,13,16H2,1-3H3,(H,34,35). The minimum Gasteiger partial charge on any atom is -0.465 e. The Hall–Kier alpha value is -2.55. The molecule has 1 aliphatic carbocycles. The molecule has 0 radical (unpaired) electrons. The fourth-order valence-corrected chi connectivity index (χ4v) is 4.92. The Morgan fingerprint density at radius 1 is 1.14 bits per heavy atom. The van der Waals surface area contributed by atoms with E-state index in [9.17, 15) is 28.9 Å². The van der Waals surface area contributed by atoms with Crippen LogP contribution in [0.4, 0.5) is 13.6 Å². The van der Waals surface area contributed by atoms with Crippen molar-refractivity contribution in [3.63, 3.8) is 0 Å². The van der Waals surface area contributed by atoms with E-state index in [1.165, 1.54) is 0 Å². The number of aliphatic hydroxyl groups excluding tert-OH is 2. The lowest BCUT2D eigenvalue weighted by Crippen LogP contribution is -2.57. The maximum Gasteiger partial charge on any atom is 0.404 e. The van der Waals surface area contributed by atoms with Crippen LogP contribution in [0.1, 0.15) is 63.1 Å². The van der Waals surface area contributed by atoms with Crippen molar-refractivity contribution in [3.8, 4) is 0 Å². The molecule has 0 heterocycles. The molecule has 0 bridgehead atoms. The Morgan fingerprint density at radius 2 is 1.83 bits per heavy atom. The van der Waals surface area contributed by atoms with Crippen LogP contribution in [0, 0.1) is 11.6 Å².